The SMILES string of the molecule is CN(C)/C=C/C=C/C(N)=S. The standard InChI is InChI=1S/C7H12N2S/c1-9(2)6-4-3-5-7(8)10/h3-6H,1-2H3,(H2,8,10)/b5-3+,6-4+. The molecule has 0 aromatic heterocycles. The van der Waals surface area contributed by atoms with Gasteiger partial charge < -0.3 is 10.6 Å². The van der Waals surface area contributed by atoms with Gasteiger partial charge in [0.05, 0.1) is 4.99 Å². The highest BCUT2D eigenvalue weighted by molar-refractivity contribution is 7.80. The Balaban J connectivity index is 3.62. The minimum Gasteiger partial charge on any atom is -0.390 e. The minimum absolute atomic E-state index is 0.406. The van der Waals surface area contributed by atoms with Crippen LogP contribution in [0.25, 0.3) is 0 Å². The zero-order chi connectivity index (χ0) is 7.98. The zero-order valence-electron chi connectivity index (χ0n) is 6.24. The topological polar surface area (TPSA) is 29.3 Å². The zero-order valence-corrected chi connectivity index (χ0v) is 7.06. The maximum atomic E-state index is 5.21. The number of allylic oxidation sites excluding steroid dienone is 2. The van der Waals surface area contributed by atoms with Gasteiger partial charge in [0.1, 0.15) is 0 Å². The third-order valence-corrected chi connectivity index (χ3v) is 0.892. The molecule has 0 saturated heterocycles. The molecule has 0 atom stereocenters. The monoisotopic (exact) mass is 156 g/mol. The average molecular weight is 156 g/mol. The Morgan fingerprint density at radius 3 is 2.40 bits per heavy atom. The molecule has 0 radical (unpaired) electrons. The maximum absolute atomic E-state index is 5.21. The lowest BCUT2D eigenvalue weighted by Crippen LogP contribution is -2.02. The second-order valence-corrected chi connectivity index (χ2v) is 2.54. The summed E-state index contributed by atoms with van der Waals surface area (Å²) in [5.74, 6) is 0. The van der Waals surface area contributed by atoms with Crippen LogP contribution in [0.15, 0.2) is 24.4 Å². The summed E-state index contributed by atoms with van der Waals surface area (Å²) in [5, 5.41) is 0. The molecular formula is C7H12N2S. The number of rotatable bonds is 3. The van der Waals surface area contributed by atoms with Crippen molar-refractivity contribution in [3.8, 4) is 0 Å². The molecule has 0 unspecified atom stereocenters. The molecule has 0 aromatic carbocycles. The van der Waals surface area contributed by atoms with Gasteiger partial charge in [-0.2, -0.15) is 0 Å². The van der Waals surface area contributed by atoms with Gasteiger partial charge in [-0.05, 0) is 18.4 Å². The van der Waals surface area contributed by atoms with Gasteiger partial charge in [0, 0.05) is 14.1 Å². The van der Waals surface area contributed by atoms with Crippen LogP contribution < -0.4 is 5.73 Å². The normalized spacial score (nSPS) is 11.0. The minimum atomic E-state index is 0.406. The third-order valence-electron chi connectivity index (χ3n) is 0.756. The van der Waals surface area contributed by atoms with Crippen molar-refractivity contribution in [1.29, 1.82) is 0 Å². The highest BCUT2D eigenvalue weighted by Crippen LogP contribution is 1.80. The lowest BCUT2D eigenvalue weighted by Gasteiger charge is -2.00. The van der Waals surface area contributed by atoms with Gasteiger partial charge >= 0.3 is 0 Å². The van der Waals surface area contributed by atoms with Gasteiger partial charge in [-0.15, -0.1) is 0 Å². The van der Waals surface area contributed by atoms with E-state index in [9.17, 15) is 0 Å². The van der Waals surface area contributed by atoms with Crippen LogP contribution in [0.4, 0.5) is 0 Å². The van der Waals surface area contributed by atoms with Crippen LogP contribution in [0.5, 0.6) is 0 Å². The van der Waals surface area contributed by atoms with E-state index >= 15 is 0 Å². The van der Waals surface area contributed by atoms with E-state index in [0.29, 0.717) is 4.99 Å². The first-order valence-corrected chi connectivity index (χ1v) is 3.34. The fourth-order valence-corrected chi connectivity index (χ4v) is 0.451. The molecule has 0 aliphatic heterocycles. The van der Waals surface area contributed by atoms with Crippen LogP contribution in [0.3, 0.4) is 0 Å². The molecule has 56 valence electrons. The van der Waals surface area contributed by atoms with Gasteiger partial charge in [-0.1, -0.05) is 18.3 Å². The summed E-state index contributed by atoms with van der Waals surface area (Å²) in [6.07, 6.45) is 7.27. The number of nitrogens with two attached hydrogens (primary N) is 1. The molecule has 2 N–H and O–H groups in total. The smallest absolute Gasteiger partial charge is 0.0961 e. The van der Waals surface area contributed by atoms with E-state index in [2.05, 4.69) is 12.2 Å². The lowest BCUT2D eigenvalue weighted by molar-refractivity contribution is 0.564. The first-order valence-electron chi connectivity index (χ1n) is 2.93. The van der Waals surface area contributed by atoms with Gasteiger partial charge in [0.25, 0.3) is 0 Å². The Labute approximate surface area is 67.0 Å². The molecule has 0 spiro atoms. The van der Waals surface area contributed by atoms with Crippen molar-refractivity contribution in [2.45, 2.75) is 0 Å². The van der Waals surface area contributed by atoms with Crippen LogP contribution in [0.1, 0.15) is 0 Å². The van der Waals surface area contributed by atoms with Crippen LogP contribution in [-0.4, -0.2) is 24.0 Å². The molecular weight excluding hydrogens is 144 g/mol. The van der Waals surface area contributed by atoms with Crippen LogP contribution in [0.2, 0.25) is 0 Å². The summed E-state index contributed by atoms with van der Waals surface area (Å²) in [5.41, 5.74) is 5.21. The Morgan fingerprint density at radius 2 is 2.00 bits per heavy atom. The fourth-order valence-electron chi connectivity index (χ4n) is 0.372. The quantitative estimate of drug-likeness (QED) is 0.374. The average Bonchev–Trinajstić information content (AvgIpc) is 1.79. The summed E-state index contributed by atoms with van der Waals surface area (Å²) in [6.45, 7) is 0. The molecule has 0 heterocycles. The highest BCUT2D eigenvalue weighted by atomic mass is 32.1. The number of hydrogen-bond acceptors (Lipinski definition) is 2. The van der Waals surface area contributed by atoms with Crippen molar-refractivity contribution in [2.24, 2.45) is 5.73 Å². The summed E-state index contributed by atoms with van der Waals surface area (Å²) >= 11 is 4.62. The first kappa shape index (κ1) is 9.17. The van der Waals surface area contributed by atoms with E-state index in [0.717, 1.165) is 0 Å². The van der Waals surface area contributed by atoms with E-state index in [-0.39, 0.29) is 0 Å². The van der Waals surface area contributed by atoms with Gasteiger partial charge in [-0.3, -0.25) is 0 Å². The van der Waals surface area contributed by atoms with Crippen molar-refractivity contribution in [1.82, 2.24) is 4.90 Å². The number of nitrogens with zero attached hydrogens (tertiary/aromatic N) is 1. The molecule has 0 rings (SSSR count). The van der Waals surface area contributed by atoms with E-state index in [1.54, 1.807) is 6.08 Å². The fraction of sp³-hybridized carbons (Fsp3) is 0.286. The van der Waals surface area contributed by atoms with Crippen LogP contribution in [0, 0.1) is 0 Å². The predicted molar refractivity (Wildman–Crippen MR) is 48.8 cm³/mol. The lowest BCUT2D eigenvalue weighted by atomic mass is 10.5. The van der Waals surface area contributed by atoms with E-state index < -0.39 is 0 Å². The molecule has 0 aliphatic rings. The van der Waals surface area contributed by atoms with Crippen molar-refractivity contribution in [3.63, 3.8) is 0 Å². The van der Waals surface area contributed by atoms with Gasteiger partial charge in [0.15, 0.2) is 0 Å². The van der Waals surface area contributed by atoms with E-state index in [1.807, 2.05) is 37.3 Å². The van der Waals surface area contributed by atoms with Crippen molar-refractivity contribution in [3.05, 3.63) is 24.4 Å². The number of thiocarbonyl (C=S) groups is 1. The summed E-state index contributed by atoms with van der Waals surface area (Å²) in [7, 11) is 3.90. The van der Waals surface area contributed by atoms with Crippen molar-refractivity contribution in [2.75, 3.05) is 14.1 Å². The molecule has 0 bridgehead atoms. The first-order chi connectivity index (χ1) is 4.63. The van der Waals surface area contributed by atoms with Crippen molar-refractivity contribution < 1.29 is 0 Å². The molecule has 0 aliphatic carbocycles. The molecule has 0 aromatic rings. The second-order valence-electron chi connectivity index (χ2n) is 2.07. The second kappa shape index (κ2) is 4.99. The Hall–Kier alpha value is -0.830. The molecule has 10 heavy (non-hydrogen) atoms. The van der Waals surface area contributed by atoms with E-state index in [4.69, 9.17) is 5.73 Å². The van der Waals surface area contributed by atoms with Crippen LogP contribution >= 0.6 is 12.2 Å². The van der Waals surface area contributed by atoms with Gasteiger partial charge in [-0.25, -0.2) is 0 Å². The maximum Gasteiger partial charge on any atom is 0.0961 e. The molecule has 0 fully saturated rings. The van der Waals surface area contributed by atoms with Crippen LogP contribution in [-0.2, 0) is 0 Å². The molecule has 0 amide bonds. The van der Waals surface area contributed by atoms with Gasteiger partial charge in [0.2, 0.25) is 0 Å². The summed E-state index contributed by atoms with van der Waals surface area (Å²) in [4.78, 5) is 2.34. The molecule has 0 saturated carbocycles. The number of hydrogen-bond donors (Lipinski definition) is 1. The predicted octanol–water partition coefficient (Wildman–Crippen LogP) is 0.904. The highest BCUT2D eigenvalue weighted by Gasteiger charge is 1.73. The summed E-state index contributed by atoms with van der Waals surface area (Å²) < 4.78 is 0. The molecule has 2 nitrogen and oxygen atoms in total. The molecule has 3 heteroatoms. The van der Waals surface area contributed by atoms with E-state index in [1.165, 1.54) is 0 Å². The Kier molecular flexibility index (Phi) is 4.58. The Morgan fingerprint density at radius 1 is 1.40 bits per heavy atom. The largest absolute Gasteiger partial charge is 0.390 e. The Bertz CT molecular complexity index is 159. The van der Waals surface area contributed by atoms with Crippen molar-refractivity contribution >= 4 is 17.2 Å². The summed E-state index contributed by atoms with van der Waals surface area (Å²) in [6, 6.07) is 0. The third kappa shape index (κ3) is 7.17.